The first-order chi connectivity index (χ1) is 9.80. The van der Waals surface area contributed by atoms with Gasteiger partial charge in [-0.1, -0.05) is 6.07 Å². The molecule has 3 N–H and O–H groups in total. The highest BCUT2D eigenvalue weighted by atomic mass is 19.4. The maximum atomic E-state index is 13.2. The molecule has 116 valence electrons. The fourth-order valence-electron chi connectivity index (χ4n) is 2.54. The molecule has 0 saturated carbocycles. The fraction of sp³-hybridized carbons (Fsp3) is 0.500. The van der Waals surface area contributed by atoms with Crippen LogP contribution >= 0.6 is 0 Å². The largest absolute Gasteiger partial charge is 0.480 e. The Hall–Kier alpha value is -1.76. The van der Waals surface area contributed by atoms with Crippen LogP contribution in [0.5, 0.6) is 0 Å². The molecular formula is C14H17F3N2O2. The Bertz CT molecular complexity index is 525. The van der Waals surface area contributed by atoms with Crippen molar-refractivity contribution >= 4 is 11.7 Å². The lowest BCUT2D eigenvalue weighted by atomic mass is 9.98. The predicted molar refractivity (Wildman–Crippen MR) is 72.1 cm³/mol. The van der Waals surface area contributed by atoms with E-state index in [0.29, 0.717) is 18.8 Å². The van der Waals surface area contributed by atoms with Crippen LogP contribution in [0, 0.1) is 0 Å². The lowest BCUT2D eigenvalue weighted by Crippen LogP contribution is -2.30. The van der Waals surface area contributed by atoms with Gasteiger partial charge in [-0.05, 0) is 37.0 Å². The summed E-state index contributed by atoms with van der Waals surface area (Å²) < 4.78 is 39.5. The molecule has 0 unspecified atom stereocenters. The first kappa shape index (κ1) is 15.6. The van der Waals surface area contributed by atoms with Gasteiger partial charge in [-0.15, -0.1) is 0 Å². The van der Waals surface area contributed by atoms with Crippen molar-refractivity contribution in [1.82, 2.24) is 0 Å². The van der Waals surface area contributed by atoms with Crippen LogP contribution in [0.4, 0.5) is 18.9 Å². The predicted octanol–water partition coefficient (Wildman–Crippen LogP) is 2.78. The summed E-state index contributed by atoms with van der Waals surface area (Å²) in [5.74, 6) is -1.48. The Morgan fingerprint density at radius 3 is 2.38 bits per heavy atom. The monoisotopic (exact) mass is 302 g/mol. The van der Waals surface area contributed by atoms with Gasteiger partial charge in [0.25, 0.3) is 0 Å². The van der Waals surface area contributed by atoms with Gasteiger partial charge in [0.15, 0.2) is 0 Å². The number of halogens is 3. The average Bonchev–Trinajstić information content (AvgIpc) is 2.46. The summed E-state index contributed by atoms with van der Waals surface area (Å²) in [5, 5.41) is 8.84. The molecule has 21 heavy (non-hydrogen) atoms. The van der Waals surface area contributed by atoms with E-state index in [0.717, 1.165) is 25.3 Å². The maximum absolute atomic E-state index is 13.2. The third-order valence-corrected chi connectivity index (χ3v) is 3.66. The summed E-state index contributed by atoms with van der Waals surface area (Å²) in [7, 11) is 0. The summed E-state index contributed by atoms with van der Waals surface area (Å²) in [6.45, 7) is 1.42. The quantitative estimate of drug-likeness (QED) is 0.901. The maximum Gasteiger partial charge on any atom is 0.416 e. The van der Waals surface area contributed by atoms with E-state index < -0.39 is 29.3 Å². The summed E-state index contributed by atoms with van der Waals surface area (Å²) in [6.07, 6.45) is -1.67. The van der Waals surface area contributed by atoms with Gasteiger partial charge in [0, 0.05) is 18.8 Å². The minimum atomic E-state index is -4.63. The molecule has 0 bridgehead atoms. The molecule has 0 aromatic heterocycles. The number of hydrogen-bond donors (Lipinski definition) is 2. The first-order valence-electron chi connectivity index (χ1n) is 6.75. The zero-order valence-electron chi connectivity index (χ0n) is 11.4. The van der Waals surface area contributed by atoms with Crippen LogP contribution in [-0.4, -0.2) is 24.2 Å². The number of benzene rings is 1. The lowest BCUT2D eigenvalue weighted by molar-refractivity contribution is -0.141. The Morgan fingerprint density at radius 1 is 1.24 bits per heavy atom. The van der Waals surface area contributed by atoms with Crippen molar-refractivity contribution in [2.75, 3.05) is 18.0 Å². The topological polar surface area (TPSA) is 66.6 Å². The molecule has 0 aliphatic carbocycles. The zero-order valence-corrected chi connectivity index (χ0v) is 11.4. The molecule has 1 aliphatic rings. The number of hydrogen-bond acceptors (Lipinski definition) is 3. The molecule has 1 aliphatic heterocycles. The van der Waals surface area contributed by atoms with Gasteiger partial charge in [0.2, 0.25) is 0 Å². The SMILES string of the molecule is N[C@H](C(=O)O)c1ccc(N2CCCCC2)cc1C(F)(F)F. The van der Waals surface area contributed by atoms with Crippen LogP contribution < -0.4 is 10.6 Å². The molecule has 4 nitrogen and oxygen atoms in total. The van der Waals surface area contributed by atoms with Crippen molar-refractivity contribution in [2.45, 2.75) is 31.5 Å². The van der Waals surface area contributed by atoms with E-state index in [-0.39, 0.29) is 0 Å². The van der Waals surface area contributed by atoms with Gasteiger partial charge in [-0.3, -0.25) is 4.79 Å². The Kier molecular flexibility index (Phi) is 4.41. The van der Waals surface area contributed by atoms with E-state index in [1.807, 2.05) is 4.90 Å². The number of carboxylic acid groups (broad SMARTS) is 1. The second kappa shape index (κ2) is 5.93. The highest BCUT2D eigenvalue weighted by Gasteiger charge is 2.36. The average molecular weight is 302 g/mol. The molecule has 0 spiro atoms. The second-order valence-electron chi connectivity index (χ2n) is 5.13. The van der Waals surface area contributed by atoms with Crippen LogP contribution in [0.2, 0.25) is 0 Å². The van der Waals surface area contributed by atoms with Gasteiger partial charge in [0.1, 0.15) is 6.04 Å². The number of anilines is 1. The Morgan fingerprint density at radius 2 is 1.86 bits per heavy atom. The smallest absolute Gasteiger partial charge is 0.416 e. The number of carboxylic acids is 1. The third-order valence-electron chi connectivity index (χ3n) is 3.66. The normalized spacial score (nSPS) is 17.6. The van der Waals surface area contributed by atoms with Crippen molar-refractivity contribution in [3.8, 4) is 0 Å². The van der Waals surface area contributed by atoms with Crippen LogP contribution in [0.1, 0.15) is 36.4 Å². The van der Waals surface area contributed by atoms with Crippen LogP contribution in [-0.2, 0) is 11.0 Å². The van der Waals surface area contributed by atoms with Gasteiger partial charge in [0.05, 0.1) is 5.56 Å². The summed E-state index contributed by atoms with van der Waals surface area (Å²) in [4.78, 5) is 12.7. The number of nitrogens with zero attached hydrogens (tertiary/aromatic N) is 1. The van der Waals surface area contributed by atoms with Crippen molar-refractivity contribution in [1.29, 1.82) is 0 Å². The number of rotatable bonds is 3. The van der Waals surface area contributed by atoms with Crippen LogP contribution in [0.3, 0.4) is 0 Å². The number of nitrogens with two attached hydrogens (primary N) is 1. The first-order valence-corrected chi connectivity index (χ1v) is 6.75. The van der Waals surface area contributed by atoms with Gasteiger partial charge in [-0.2, -0.15) is 13.2 Å². The van der Waals surface area contributed by atoms with E-state index in [4.69, 9.17) is 10.8 Å². The molecule has 1 heterocycles. The minimum absolute atomic E-state index is 0.407. The van der Waals surface area contributed by atoms with Crippen LogP contribution in [0.15, 0.2) is 18.2 Å². The van der Waals surface area contributed by atoms with Crippen molar-refractivity contribution in [3.63, 3.8) is 0 Å². The zero-order chi connectivity index (χ0) is 15.6. The van der Waals surface area contributed by atoms with Crippen molar-refractivity contribution in [2.24, 2.45) is 5.73 Å². The minimum Gasteiger partial charge on any atom is -0.480 e. The van der Waals surface area contributed by atoms with Crippen molar-refractivity contribution < 1.29 is 23.1 Å². The molecule has 0 amide bonds. The van der Waals surface area contributed by atoms with Gasteiger partial charge >= 0.3 is 12.1 Å². The molecule has 2 rings (SSSR count). The van der Waals surface area contributed by atoms with E-state index in [1.165, 1.54) is 12.1 Å². The second-order valence-corrected chi connectivity index (χ2v) is 5.13. The Balaban J connectivity index is 2.42. The summed E-state index contributed by atoms with van der Waals surface area (Å²) in [6, 6.07) is 2.00. The summed E-state index contributed by atoms with van der Waals surface area (Å²) in [5.41, 5.74) is 4.43. The number of piperidine rings is 1. The van der Waals surface area contributed by atoms with Gasteiger partial charge < -0.3 is 15.7 Å². The third kappa shape index (κ3) is 3.47. The number of alkyl halides is 3. The van der Waals surface area contributed by atoms with Gasteiger partial charge in [-0.25, -0.2) is 0 Å². The molecular weight excluding hydrogens is 285 g/mol. The molecule has 1 fully saturated rings. The molecule has 1 saturated heterocycles. The number of aliphatic carboxylic acids is 1. The van der Waals surface area contributed by atoms with Crippen molar-refractivity contribution in [3.05, 3.63) is 29.3 Å². The highest BCUT2D eigenvalue weighted by Crippen LogP contribution is 2.37. The summed E-state index contributed by atoms with van der Waals surface area (Å²) >= 11 is 0. The molecule has 1 atom stereocenters. The fourth-order valence-corrected chi connectivity index (χ4v) is 2.54. The van der Waals surface area contributed by atoms with E-state index >= 15 is 0 Å². The molecule has 0 radical (unpaired) electrons. The highest BCUT2D eigenvalue weighted by molar-refractivity contribution is 5.76. The van der Waals surface area contributed by atoms with E-state index in [2.05, 4.69) is 0 Å². The van der Waals surface area contributed by atoms with E-state index in [9.17, 15) is 18.0 Å². The Labute approximate surface area is 120 Å². The molecule has 7 heteroatoms. The molecule has 1 aromatic carbocycles. The lowest BCUT2D eigenvalue weighted by Gasteiger charge is -2.30. The number of carbonyl (C=O) groups is 1. The van der Waals surface area contributed by atoms with E-state index in [1.54, 1.807) is 0 Å². The standard InChI is InChI=1S/C14H17F3N2O2/c15-14(16,17)11-8-9(19-6-2-1-3-7-19)4-5-10(11)12(18)13(20)21/h4-5,8,12H,1-3,6-7,18H2,(H,20,21)/t12-/m0/s1. The molecule has 1 aromatic rings. The van der Waals surface area contributed by atoms with Crippen LogP contribution in [0.25, 0.3) is 0 Å².